The molecule has 0 saturated carbocycles. The first kappa shape index (κ1) is 16.7. The average Bonchev–Trinajstić information content (AvgIpc) is 2.91. The van der Waals surface area contributed by atoms with Crippen molar-refractivity contribution in [1.82, 2.24) is 4.90 Å². The predicted molar refractivity (Wildman–Crippen MR) is 97.5 cm³/mol. The molecule has 24 heavy (non-hydrogen) atoms. The SMILES string of the molecule is Cc1ccc(CN2C[C@@H](C(=O)Nc3cccc(Br)c3)CC2=O)cc1. The summed E-state index contributed by atoms with van der Waals surface area (Å²) in [5.41, 5.74) is 3.01. The van der Waals surface area contributed by atoms with Crippen LogP contribution < -0.4 is 5.32 Å². The average molecular weight is 387 g/mol. The molecule has 4 nitrogen and oxygen atoms in total. The maximum absolute atomic E-state index is 12.4. The van der Waals surface area contributed by atoms with Crippen LogP contribution in [0.5, 0.6) is 0 Å². The number of likely N-dealkylation sites (tertiary alicyclic amines) is 1. The zero-order valence-electron chi connectivity index (χ0n) is 13.5. The molecule has 1 fully saturated rings. The van der Waals surface area contributed by atoms with E-state index in [-0.39, 0.29) is 24.2 Å². The lowest BCUT2D eigenvalue weighted by molar-refractivity contribution is -0.128. The van der Waals surface area contributed by atoms with Crippen molar-refractivity contribution >= 4 is 33.4 Å². The van der Waals surface area contributed by atoms with Crippen LogP contribution in [0.25, 0.3) is 0 Å². The molecule has 2 amide bonds. The largest absolute Gasteiger partial charge is 0.338 e. The highest BCUT2D eigenvalue weighted by molar-refractivity contribution is 9.10. The molecular weight excluding hydrogens is 368 g/mol. The summed E-state index contributed by atoms with van der Waals surface area (Å²) in [7, 11) is 0. The van der Waals surface area contributed by atoms with Crippen molar-refractivity contribution in [2.75, 3.05) is 11.9 Å². The highest BCUT2D eigenvalue weighted by Crippen LogP contribution is 2.23. The van der Waals surface area contributed by atoms with Gasteiger partial charge in [-0.25, -0.2) is 0 Å². The topological polar surface area (TPSA) is 49.4 Å². The second-order valence-electron chi connectivity index (χ2n) is 6.16. The van der Waals surface area contributed by atoms with Crippen LogP contribution in [-0.2, 0) is 16.1 Å². The second-order valence-corrected chi connectivity index (χ2v) is 7.08. The van der Waals surface area contributed by atoms with E-state index in [1.165, 1.54) is 5.56 Å². The predicted octanol–water partition coefficient (Wildman–Crippen LogP) is 3.74. The van der Waals surface area contributed by atoms with Crippen molar-refractivity contribution in [1.29, 1.82) is 0 Å². The first-order chi connectivity index (χ1) is 11.5. The highest BCUT2D eigenvalue weighted by atomic mass is 79.9. The Hall–Kier alpha value is -2.14. The van der Waals surface area contributed by atoms with Crippen molar-refractivity contribution in [2.45, 2.75) is 19.9 Å². The van der Waals surface area contributed by atoms with E-state index in [1.54, 1.807) is 4.90 Å². The third kappa shape index (κ3) is 4.03. The first-order valence-electron chi connectivity index (χ1n) is 7.91. The fourth-order valence-corrected chi connectivity index (χ4v) is 3.22. The standard InChI is InChI=1S/C19H19BrN2O2/c1-13-5-7-14(8-6-13)11-22-12-15(9-18(22)23)19(24)21-17-4-2-3-16(20)10-17/h2-8,10,15H,9,11-12H2,1H3,(H,21,24)/t15-/m0/s1. The Kier molecular flexibility index (Phi) is 5.00. The first-order valence-corrected chi connectivity index (χ1v) is 8.70. The summed E-state index contributed by atoms with van der Waals surface area (Å²) >= 11 is 3.38. The molecule has 1 aliphatic heterocycles. The van der Waals surface area contributed by atoms with Gasteiger partial charge in [-0.05, 0) is 30.7 Å². The number of carbonyl (C=O) groups excluding carboxylic acids is 2. The van der Waals surface area contributed by atoms with Gasteiger partial charge in [0.05, 0.1) is 5.92 Å². The summed E-state index contributed by atoms with van der Waals surface area (Å²) in [6.07, 6.45) is 0.270. The Morgan fingerprint density at radius 1 is 1.25 bits per heavy atom. The number of aryl methyl sites for hydroxylation is 1. The van der Waals surface area contributed by atoms with Gasteiger partial charge in [0.1, 0.15) is 0 Å². The Bertz CT molecular complexity index is 758. The van der Waals surface area contributed by atoms with Crippen molar-refractivity contribution in [2.24, 2.45) is 5.92 Å². The van der Waals surface area contributed by atoms with Gasteiger partial charge in [0, 0.05) is 29.7 Å². The summed E-state index contributed by atoms with van der Waals surface area (Å²) in [5, 5.41) is 2.89. The van der Waals surface area contributed by atoms with Crippen molar-refractivity contribution in [3.05, 3.63) is 64.1 Å². The monoisotopic (exact) mass is 386 g/mol. The number of carbonyl (C=O) groups is 2. The molecule has 0 aromatic heterocycles. The number of amides is 2. The van der Waals surface area contributed by atoms with Gasteiger partial charge in [-0.1, -0.05) is 51.8 Å². The molecule has 2 aromatic rings. The zero-order valence-corrected chi connectivity index (χ0v) is 15.0. The van der Waals surface area contributed by atoms with E-state index in [0.717, 1.165) is 15.7 Å². The molecule has 0 unspecified atom stereocenters. The zero-order chi connectivity index (χ0) is 17.1. The van der Waals surface area contributed by atoms with Gasteiger partial charge in [-0.3, -0.25) is 9.59 Å². The van der Waals surface area contributed by atoms with Gasteiger partial charge in [0.2, 0.25) is 11.8 Å². The Morgan fingerprint density at radius 2 is 2.00 bits per heavy atom. The number of hydrogen-bond acceptors (Lipinski definition) is 2. The Labute approximate surface area is 150 Å². The minimum atomic E-state index is -0.304. The van der Waals surface area contributed by atoms with Crippen LogP contribution in [0.4, 0.5) is 5.69 Å². The van der Waals surface area contributed by atoms with Gasteiger partial charge >= 0.3 is 0 Å². The summed E-state index contributed by atoms with van der Waals surface area (Å²) in [6.45, 7) is 3.05. The molecule has 1 aliphatic rings. The molecule has 1 saturated heterocycles. The quantitative estimate of drug-likeness (QED) is 0.869. The summed E-state index contributed by atoms with van der Waals surface area (Å²) in [4.78, 5) is 26.4. The van der Waals surface area contributed by atoms with Crippen molar-refractivity contribution < 1.29 is 9.59 Å². The van der Waals surface area contributed by atoms with Crippen LogP contribution in [0, 0.1) is 12.8 Å². The summed E-state index contributed by atoms with van der Waals surface area (Å²) < 4.78 is 0.906. The number of rotatable bonds is 4. The van der Waals surface area contributed by atoms with Crippen LogP contribution in [0.2, 0.25) is 0 Å². The van der Waals surface area contributed by atoms with E-state index in [9.17, 15) is 9.59 Å². The third-order valence-corrected chi connectivity index (χ3v) is 4.66. The second kappa shape index (κ2) is 7.18. The van der Waals surface area contributed by atoms with E-state index in [1.807, 2.05) is 55.5 Å². The number of nitrogens with one attached hydrogen (secondary N) is 1. The lowest BCUT2D eigenvalue weighted by Crippen LogP contribution is -2.28. The van der Waals surface area contributed by atoms with Crippen LogP contribution in [0.3, 0.4) is 0 Å². The Balaban J connectivity index is 1.61. The molecular formula is C19H19BrN2O2. The number of anilines is 1. The van der Waals surface area contributed by atoms with E-state index in [0.29, 0.717) is 13.1 Å². The van der Waals surface area contributed by atoms with Crippen LogP contribution in [0.15, 0.2) is 53.0 Å². The molecule has 1 N–H and O–H groups in total. The van der Waals surface area contributed by atoms with Gasteiger partial charge in [-0.2, -0.15) is 0 Å². The minimum Gasteiger partial charge on any atom is -0.338 e. The molecule has 3 rings (SSSR count). The van der Waals surface area contributed by atoms with Gasteiger partial charge < -0.3 is 10.2 Å². The van der Waals surface area contributed by atoms with Gasteiger partial charge in [-0.15, -0.1) is 0 Å². The molecule has 0 radical (unpaired) electrons. The number of nitrogens with zero attached hydrogens (tertiary/aromatic N) is 1. The lowest BCUT2D eigenvalue weighted by Gasteiger charge is -2.17. The van der Waals surface area contributed by atoms with Crippen LogP contribution in [-0.4, -0.2) is 23.3 Å². The van der Waals surface area contributed by atoms with Gasteiger partial charge in [0.15, 0.2) is 0 Å². The molecule has 2 aromatic carbocycles. The molecule has 0 bridgehead atoms. The van der Waals surface area contributed by atoms with E-state index in [2.05, 4.69) is 21.2 Å². The number of benzene rings is 2. The fraction of sp³-hybridized carbons (Fsp3) is 0.263. The number of hydrogen-bond donors (Lipinski definition) is 1. The van der Waals surface area contributed by atoms with E-state index >= 15 is 0 Å². The van der Waals surface area contributed by atoms with Crippen molar-refractivity contribution in [3.63, 3.8) is 0 Å². The van der Waals surface area contributed by atoms with Gasteiger partial charge in [0.25, 0.3) is 0 Å². The molecule has 0 aliphatic carbocycles. The number of halogens is 1. The lowest BCUT2D eigenvalue weighted by atomic mass is 10.1. The minimum absolute atomic E-state index is 0.0324. The Morgan fingerprint density at radius 3 is 2.71 bits per heavy atom. The molecule has 1 atom stereocenters. The summed E-state index contributed by atoms with van der Waals surface area (Å²) in [6, 6.07) is 15.6. The smallest absolute Gasteiger partial charge is 0.229 e. The van der Waals surface area contributed by atoms with E-state index < -0.39 is 0 Å². The highest BCUT2D eigenvalue weighted by Gasteiger charge is 2.34. The maximum Gasteiger partial charge on any atom is 0.229 e. The summed E-state index contributed by atoms with van der Waals surface area (Å²) in [5.74, 6) is -0.375. The van der Waals surface area contributed by atoms with Crippen molar-refractivity contribution in [3.8, 4) is 0 Å². The third-order valence-electron chi connectivity index (χ3n) is 4.17. The maximum atomic E-state index is 12.4. The van der Waals surface area contributed by atoms with E-state index in [4.69, 9.17) is 0 Å². The van der Waals surface area contributed by atoms with Crippen LogP contribution in [0.1, 0.15) is 17.5 Å². The normalized spacial score (nSPS) is 17.2. The molecule has 124 valence electrons. The molecule has 1 heterocycles. The van der Waals surface area contributed by atoms with Crippen LogP contribution >= 0.6 is 15.9 Å². The fourth-order valence-electron chi connectivity index (χ4n) is 2.83. The molecule has 5 heteroatoms. The molecule has 0 spiro atoms.